The second-order valence-electron chi connectivity index (χ2n) is 6.44. The van der Waals surface area contributed by atoms with Crippen molar-refractivity contribution >= 4 is 17.4 Å². The summed E-state index contributed by atoms with van der Waals surface area (Å²) in [5.74, 6) is 1.11. The molecule has 2 aromatic carbocycles. The van der Waals surface area contributed by atoms with Gasteiger partial charge in [-0.2, -0.15) is 0 Å². The van der Waals surface area contributed by atoms with E-state index in [1.165, 1.54) is 0 Å². The molecule has 2 heterocycles. The van der Waals surface area contributed by atoms with Crippen molar-refractivity contribution in [3.8, 4) is 17.0 Å². The van der Waals surface area contributed by atoms with Crippen LogP contribution in [0.4, 0.5) is 5.69 Å². The van der Waals surface area contributed by atoms with E-state index >= 15 is 0 Å². The number of nitrogens with zero attached hydrogens (tertiary/aromatic N) is 2. The SMILES string of the molecule is CCCCSc1n[n+]2c(c(=O)[nH]1)-c1ccccc1N[C@H]2c1ccc(O)cc1. The summed E-state index contributed by atoms with van der Waals surface area (Å²) in [5, 5.41) is 18.4. The molecular weight excluding hydrogens is 360 g/mol. The first-order valence-electron chi connectivity index (χ1n) is 9.01. The third-order valence-electron chi connectivity index (χ3n) is 4.53. The number of fused-ring (bicyclic) bond motifs is 3. The zero-order valence-electron chi connectivity index (χ0n) is 15.0. The number of anilines is 1. The van der Waals surface area contributed by atoms with Crippen molar-refractivity contribution in [1.82, 2.24) is 10.1 Å². The summed E-state index contributed by atoms with van der Waals surface area (Å²) >= 11 is 1.56. The van der Waals surface area contributed by atoms with Crippen molar-refractivity contribution in [3.63, 3.8) is 0 Å². The molecule has 0 saturated heterocycles. The van der Waals surface area contributed by atoms with Gasteiger partial charge in [0, 0.05) is 16.4 Å². The van der Waals surface area contributed by atoms with Crippen LogP contribution in [-0.4, -0.2) is 20.9 Å². The van der Waals surface area contributed by atoms with E-state index in [1.807, 2.05) is 36.4 Å². The Bertz CT molecular complexity index is 1020. The number of rotatable bonds is 5. The quantitative estimate of drug-likeness (QED) is 0.359. The highest BCUT2D eigenvalue weighted by molar-refractivity contribution is 7.99. The van der Waals surface area contributed by atoms with Gasteiger partial charge in [-0.25, -0.2) is 0 Å². The summed E-state index contributed by atoms with van der Waals surface area (Å²) in [7, 11) is 0. The van der Waals surface area contributed by atoms with Crippen LogP contribution in [-0.2, 0) is 0 Å². The third kappa shape index (κ3) is 3.42. The first kappa shape index (κ1) is 17.6. The number of benzene rings is 2. The number of para-hydroxylation sites is 1. The van der Waals surface area contributed by atoms with Crippen LogP contribution in [0.15, 0.2) is 58.5 Å². The molecule has 138 valence electrons. The van der Waals surface area contributed by atoms with Gasteiger partial charge in [-0.1, -0.05) is 37.2 Å². The summed E-state index contributed by atoms with van der Waals surface area (Å²) in [6.07, 6.45) is 1.84. The largest absolute Gasteiger partial charge is 0.508 e. The Labute approximate surface area is 161 Å². The van der Waals surface area contributed by atoms with Gasteiger partial charge in [0.2, 0.25) is 5.16 Å². The van der Waals surface area contributed by atoms with Crippen LogP contribution in [0.2, 0.25) is 0 Å². The molecule has 0 fully saturated rings. The summed E-state index contributed by atoms with van der Waals surface area (Å²) < 4.78 is 1.75. The average Bonchev–Trinajstić information content (AvgIpc) is 2.68. The minimum atomic E-state index is -0.330. The molecule has 7 heteroatoms. The molecule has 0 saturated carbocycles. The molecule has 1 aliphatic rings. The van der Waals surface area contributed by atoms with Gasteiger partial charge in [0.1, 0.15) is 5.75 Å². The molecule has 27 heavy (non-hydrogen) atoms. The maximum Gasteiger partial charge on any atom is 0.325 e. The number of unbranched alkanes of at least 4 members (excludes halogenated alkanes) is 1. The van der Waals surface area contributed by atoms with Gasteiger partial charge in [-0.05, 0) is 47.5 Å². The van der Waals surface area contributed by atoms with Crippen LogP contribution < -0.4 is 15.6 Å². The van der Waals surface area contributed by atoms with Crippen LogP contribution >= 0.6 is 11.8 Å². The van der Waals surface area contributed by atoms with E-state index in [-0.39, 0.29) is 17.5 Å². The average molecular weight is 381 g/mol. The highest BCUT2D eigenvalue weighted by atomic mass is 32.2. The number of phenolic OH excluding ortho intramolecular Hbond substituents is 1. The highest BCUT2D eigenvalue weighted by Crippen LogP contribution is 2.31. The Kier molecular flexibility index (Phi) is 4.85. The Hall–Kier alpha value is -2.80. The summed E-state index contributed by atoms with van der Waals surface area (Å²) in [6.45, 7) is 2.14. The molecular formula is C20H21N4O2S+. The van der Waals surface area contributed by atoms with Gasteiger partial charge in [-0.3, -0.25) is 9.78 Å². The minimum absolute atomic E-state index is 0.151. The lowest BCUT2D eigenvalue weighted by Gasteiger charge is -2.22. The van der Waals surface area contributed by atoms with E-state index in [0.29, 0.717) is 10.9 Å². The molecule has 1 atom stereocenters. The number of H-pyrrole nitrogens is 1. The maximum absolute atomic E-state index is 12.9. The van der Waals surface area contributed by atoms with E-state index < -0.39 is 0 Å². The van der Waals surface area contributed by atoms with Crippen molar-refractivity contribution < 1.29 is 9.79 Å². The van der Waals surface area contributed by atoms with Crippen molar-refractivity contribution in [2.75, 3.05) is 11.1 Å². The zero-order valence-corrected chi connectivity index (χ0v) is 15.8. The molecule has 1 aliphatic heterocycles. The number of aromatic nitrogens is 3. The van der Waals surface area contributed by atoms with E-state index in [1.54, 1.807) is 28.6 Å². The van der Waals surface area contributed by atoms with Crippen molar-refractivity contribution in [3.05, 3.63) is 64.4 Å². The summed E-state index contributed by atoms with van der Waals surface area (Å²) in [4.78, 5) is 15.8. The Morgan fingerprint density at radius 3 is 2.74 bits per heavy atom. The first-order valence-corrected chi connectivity index (χ1v) is 9.99. The van der Waals surface area contributed by atoms with Crippen LogP contribution in [0, 0.1) is 0 Å². The smallest absolute Gasteiger partial charge is 0.325 e. The first-order chi connectivity index (χ1) is 13.2. The molecule has 0 radical (unpaired) electrons. The number of aromatic amines is 1. The monoisotopic (exact) mass is 381 g/mol. The highest BCUT2D eigenvalue weighted by Gasteiger charge is 2.37. The van der Waals surface area contributed by atoms with Crippen LogP contribution in [0.3, 0.4) is 0 Å². The van der Waals surface area contributed by atoms with Crippen LogP contribution in [0.1, 0.15) is 31.5 Å². The third-order valence-corrected chi connectivity index (χ3v) is 5.48. The Balaban J connectivity index is 1.85. The fourth-order valence-corrected chi connectivity index (χ4v) is 4.09. The number of thioether (sulfide) groups is 1. The molecule has 1 aromatic heterocycles. The summed E-state index contributed by atoms with van der Waals surface area (Å²) in [5.41, 5.74) is 3.00. The van der Waals surface area contributed by atoms with E-state index in [9.17, 15) is 9.90 Å². The standard InChI is InChI=1S/C20H20N4O2S/c1-2-3-12-27-20-22-19(26)17-15-6-4-5-7-16(15)21-18(24(17)23-20)13-8-10-14(25)11-9-13/h4-11,18H,2-3,12H2,1H3,(H2,22,23,25,26)/p+1/t18-/m1/s1. The lowest BCUT2D eigenvalue weighted by atomic mass is 10.0. The number of hydrogen-bond acceptors (Lipinski definition) is 5. The molecule has 0 bridgehead atoms. The second kappa shape index (κ2) is 7.44. The van der Waals surface area contributed by atoms with Gasteiger partial charge in [0.05, 0.1) is 11.3 Å². The van der Waals surface area contributed by atoms with Crippen molar-refractivity contribution in [2.45, 2.75) is 31.1 Å². The van der Waals surface area contributed by atoms with Crippen LogP contribution in [0.25, 0.3) is 11.3 Å². The lowest BCUT2D eigenvalue weighted by molar-refractivity contribution is -0.759. The molecule has 3 aromatic rings. The Morgan fingerprint density at radius 2 is 1.96 bits per heavy atom. The number of hydrogen-bond donors (Lipinski definition) is 3. The van der Waals surface area contributed by atoms with Gasteiger partial charge in [-0.15, -0.1) is 0 Å². The second-order valence-corrected chi connectivity index (χ2v) is 7.52. The van der Waals surface area contributed by atoms with Gasteiger partial charge in [0.25, 0.3) is 6.17 Å². The predicted octanol–water partition coefficient (Wildman–Crippen LogP) is 3.29. The van der Waals surface area contributed by atoms with Crippen molar-refractivity contribution in [2.24, 2.45) is 0 Å². The normalized spacial score (nSPS) is 14.9. The zero-order chi connectivity index (χ0) is 18.8. The van der Waals surface area contributed by atoms with Crippen molar-refractivity contribution in [1.29, 1.82) is 0 Å². The molecule has 0 aliphatic carbocycles. The molecule has 3 N–H and O–H groups in total. The lowest BCUT2D eigenvalue weighted by Crippen LogP contribution is -2.55. The predicted molar refractivity (Wildman–Crippen MR) is 106 cm³/mol. The minimum Gasteiger partial charge on any atom is -0.508 e. The van der Waals surface area contributed by atoms with E-state index in [4.69, 9.17) is 5.10 Å². The van der Waals surface area contributed by atoms with Gasteiger partial charge >= 0.3 is 11.3 Å². The number of nitrogens with one attached hydrogen (secondary N) is 2. The number of phenols is 1. The molecule has 0 unspecified atom stereocenters. The van der Waals surface area contributed by atoms with Gasteiger partial charge < -0.3 is 10.4 Å². The summed E-state index contributed by atoms with van der Waals surface area (Å²) in [6, 6.07) is 14.7. The molecule has 6 nitrogen and oxygen atoms in total. The maximum atomic E-state index is 12.9. The topological polar surface area (TPSA) is 81.9 Å². The fourth-order valence-electron chi connectivity index (χ4n) is 3.15. The van der Waals surface area contributed by atoms with Crippen LogP contribution in [0.5, 0.6) is 5.75 Å². The van der Waals surface area contributed by atoms with E-state index in [0.717, 1.165) is 35.4 Å². The molecule has 0 amide bonds. The van der Waals surface area contributed by atoms with E-state index in [2.05, 4.69) is 17.2 Å². The Morgan fingerprint density at radius 1 is 1.19 bits per heavy atom. The molecule has 4 rings (SSSR count). The molecule has 0 spiro atoms. The number of aromatic hydroxyl groups is 1. The fraction of sp³-hybridized carbons (Fsp3) is 0.250. The van der Waals surface area contributed by atoms with Gasteiger partial charge in [0.15, 0.2) is 0 Å².